The van der Waals surface area contributed by atoms with E-state index in [1.165, 1.54) is 12.1 Å². The number of carbonyl (C=O) groups is 1. The normalized spacial score (nSPS) is 15.6. The summed E-state index contributed by atoms with van der Waals surface area (Å²) in [6.07, 6.45) is 1.67. The fraction of sp³-hybridized carbons (Fsp3) is 0.412. The third-order valence-corrected chi connectivity index (χ3v) is 4.94. The van der Waals surface area contributed by atoms with Gasteiger partial charge in [0.1, 0.15) is 5.82 Å². The van der Waals surface area contributed by atoms with Crippen LogP contribution in [0.5, 0.6) is 0 Å². The summed E-state index contributed by atoms with van der Waals surface area (Å²) in [6, 6.07) is 4.43. The standard InChI is InChI=1S/C17H19Cl2FN4O/c1-2-24-11-15(19)16(21-24)17(25)23-7-5-22(6-8-23)10-12-3-4-13(20)9-14(12)18/h3-4,9,11H,2,5-8,10H2,1H3. The van der Waals surface area contributed by atoms with E-state index in [1.807, 2.05) is 6.92 Å². The number of piperazine rings is 1. The van der Waals surface area contributed by atoms with Crippen molar-refractivity contribution < 1.29 is 9.18 Å². The topological polar surface area (TPSA) is 41.4 Å². The Morgan fingerprint density at radius 3 is 2.52 bits per heavy atom. The molecule has 134 valence electrons. The first kappa shape index (κ1) is 18.2. The number of nitrogens with zero attached hydrogens (tertiary/aromatic N) is 4. The van der Waals surface area contributed by atoms with Gasteiger partial charge in [0.2, 0.25) is 0 Å². The van der Waals surface area contributed by atoms with Crippen LogP contribution < -0.4 is 0 Å². The summed E-state index contributed by atoms with van der Waals surface area (Å²) < 4.78 is 14.8. The molecule has 1 fully saturated rings. The first-order valence-corrected chi connectivity index (χ1v) is 8.92. The second kappa shape index (κ2) is 7.72. The molecule has 1 amide bonds. The molecule has 2 heterocycles. The van der Waals surface area contributed by atoms with E-state index >= 15 is 0 Å². The average molecular weight is 385 g/mol. The van der Waals surface area contributed by atoms with Gasteiger partial charge in [0.25, 0.3) is 5.91 Å². The molecule has 1 aromatic carbocycles. The number of hydrogen-bond acceptors (Lipinski definition) is 3. The van der Waals surface area contributed by atoms with Crippen LogP contribution in [0.25, 0.3) is 0 Å². The summed E-state index contributed by atoms with van der Waals surface area (Å²) in [7, 11) is 0. The first-order chi connectivity index (χ1) is 12.0. The fourth-order valence-electron chi connectivity index (χ4n) is 2.85. The van der Waals surface area contributed by atoms with Crippen molar-refractivity contribution in [3.8, 4) is 0 Å². The second-order valence-electron chi connectivity index (χ2n) is 5.99. The minimum Gasteiger partial charge on any atom is -0.335 e. The molecule has 0 atom stereocenters. The van der Waals surface area contributed by atoms with Gasteiger partial charge in [-0.25, -0.2) is 4.39 Å². The SMILES string of the molecule is CCn1cc(Cl)c(C(=O)N2CCN(Cc3ccc(F)cc3Cl)CC2)n1. The van der Waals surface area contributed by atoms with Gasteiger partial charge < -0.3 is 4.90 Å². The van der Waals surface area contributed by atoms with Crippen LogP contribution >= 0.6 is 23.2 Å². The minimum atomic E-state index is -0.340. The molecule has 0 unspecified atom stereocenters. The molecule has 0 radical (unpaired) electrons. The quantitative estimate of drug-likeness (QED) is 0.811. The molecule has 8 heteroatoms. The predicted octanol–water partition coefficient (Wildman–Crippen LogP) is 3.31. The molecule has 0 saturated carbocycles. The molecular weight excluding hydrogens is 366 g/mol. The van der Waals surface area contributed by atoms with Crippen molar-refractivity contribution in [2.75, 3.05) is 26.2 Å². The Morgan fingerprint density at radius 1 is 1.20 bits per heavy atom. The second-order valence-corrected chi connectivity index (χ2v) is 6.80. The maximum absolute atomic E-state index is 13.1. The number of carbonyl (C=O) groups excluding carboxylic acids is 1. The van der Waals surface area contributed by atoms with E-state index in [9.17, 15) is 9.18 Å². The highest BCUT2D eigenvalue weighted by atomic mass is 35.5. The Morgan fingerprint density at radius 2 is 1.92 bits per heavy atom. The summed E-state index contributed by atoms with van der Waals surface area (Å²) in [6.45, 7) is 5.85. The molecule has 5 nitrogen and oxygen atoms in total. The van der Waals surface area contributed by atoms with Crippen LogP contribution in [0.15, 0.2) is 24.4 Å². The Labute approximate surface area is 155 Å². The first-order valence-electron chi connectivity index (χ1n) is 8.16. The highest BCUT2D eigenvalue weighted by Gasteiger charge is 2.26. The number of hydrogen-bond donors (Lipinski definition) is 0. The summed E-state index contributed by atoms with van der Waals surface area (Å²) in [5.41, 5.74) is 1.19. The Kier molecular flexibility index (Phi) is 5.61. The van der Waals surface area contributed by atoms with E-state index in [4.69, 9.17) is 23.2 Å². The van der Waals surface area contributed by atoms with Crippen molar-refractivity contribution in [1.82, 2.24) is 19.6 Å². The highest BCUT2D eigenvalue weighted by molar-refractivity contribution is 6.33. The van der Waals surface area contributed by atoms with Gasteiger partial charge in [-0.15, -0.1) is 0 Å². The molecule has 3 rings (SSSR count). The molecule has 1 aliphatic heterocycles. The zero-order chi connectivity index (χ0) is 18.0. The van der Waals surface area contributed by atoms with Crippen LogP contribution in [0.1, 0.15) is 23.0 Å². The van der Waals surface area contributed by atoms with Crippen molar-refractivity contribution in [3.05, 3.63) is 51.5 Å². The minimum absolute atomic E-state index is 0.142. The Bertz CT molecular complexity index is 772. The third kappa shape index (κ3) is 4.14. The molecule has 0 aliphatic carbocycles. The van der Waals surface area contributed by atoms with Crippen molar-refractivity contribution in [2.24, 2.45) is 0 Å². The molecule has 0 spiro atoms. The van der Waals surface area contributed by atoms with Gasteiger partial charge in [0, 0.05) is 50.5 Å². The van der Waals surface area contributed by atoms with E-state index < -0.39 is 0 Å². The lowest BCUT2D eigenvalue weighted by molar-refractivity contribution is 0.0622. The summed E-state index contributed by atoms with van der Waals surface area (Å²) in [5.74, 6) is -0.482. The van der Waals surface area contributed by atoms with E-state index in [1.54, 1.807) is 21.8 Å². The zero-order valence-corrected chi connectivity index (χ0v) is 15.4. The number of aromatic nitrogens is 2. The lowest BCUT2D eigenvalue weighted by Crippen LogP contribution is -2.48. The van der Waals surface area contributed by atoms with Gasteiger partial charge in [-0.05, 0) is 24.6 Å². The van der Waals surface area contributed by atoms with Crippen molar-refractivity contribution >= 4 is 29.1 Å². The molecule has 2 aromatic rings. The third-order valence-electron chi connectivity index (χ3n) is 4.31. The van der Waals surface area contributed by atoms with Crippen LogP contribution in [0.4, 0.5) is 4.39 Å². The van der Waals surface area contributed by atoms with Gasteiger partial charge in [-0.1, -0.05) is 29.3 Å². The molecule has 25 heavy (non-hydrogen) atoms. The van der Waals surface area contributed by atoms with E-state index in [0.717, 1.165) is 5.56 Å². The van der Waals surface area contributed by atoms with Crippen LogP contribution in [0.3, 0.4) is 0 Å². The zero-order valence-electron chi connectivity index (χ0n) is 13.9. The number of amides is 1. The molecule has 1 aromatic heterocycles. The van der Waals surface area contributed by atoms with Crippen LogP contribution in [0.2, 0.25) is 10.0 Å². The Hall–Kier alpha value is -1.63. The average Bonchev–Trinajstić information content (AvgIpc) is 2.98. The largest absolute Gasteiger partial charge is 0.335 e. The summed E-state index contributed by atoms with van der Waals surface area (Å²) in [4.78, 5) is 16.5. The maximum atomic E-state index is 13.1. The fourth-order valence-corrected chi connectivity index (χ4v) is 3.31. The number of rotatable bonds is 4. The Balaban J connectivity index is 1.59. The highest BCUT2D eigenvalue weighted by Crippen LogP contribution is 2.21. The molecular formula is C17H19Cl2FN4O. The number of benzene rings is 1. The summed E-state index contributed by atoms with van der Waals surface area (Å²) in [5, 5.41) is 5.05. The monoisotopic (exact) mass is 384 g/mol. The van der Waals surface area contributed by atoms with Gasteiger partial charge in [0.15, 0.2) is 5.69 Å². The van der Waals surface area contributed by atoms with Crippen LogP contribution in [0, 0.1) is 5.82 Å². The van der Waals surface area contributed by atoms with E-state index in [0.29, 0.717) is 55.0 Å². The van der Waals surface area contributed by atoms with Crippen molar-refractivity contribution in [3.63, 3.8) is 0 Å². The maximum Gasteiger partial charge on any atom is 0.276 e. The van der Waals surface area contributed by atoms with E-state index in [-0.39, 0.29) is 11.7 Å². The smallest absolute Gasteiger partial charge is 0.276 e. The van der Waals surface area contributed by atoms with Crippen LogP contribution in [-0.4, -0.2) is 51.7 Å². The lowest BCUT2D eigenvalue weighted by Gasteiger charge is -2.34. The summed E-state index contributed by atoms with van der Waals surface area (Å²) >= 11 is 12.2. The van der Waals surface area contributed by atoms with Crippen LogP contribution in [-0.2, 0) is 13.1 Å². The van der Waals surface area contributed by atoms with Gasteiger partial charge in [-0.2, -0.15) is 5.10 Å². The molecule has 1 saturated heterocycles. The van der Waals surface area contributed by atoms with Gasteiger partial charge >= 0.3 is 0 Å². The lowest BCUT2D eigenvalue weighted by atomic mass is 10.2. The van der Waals surface area contributed by atoms with Gasteiger partial charge in [0.05, 0.1) is 5.02 Å². The predicted molar refractivity (Wildman–Crippen MR) is 95.5 cm³/mol. The molecule has 0 bridgehead atoms. The molecule has 1 aliphatic rings. The van der Waals surface area contributed by atoms with E-state index in [2.05, 4.69) is 10.00 Å². The van der Waals surface area contributed by atoms with Gasteiger partial charge in [-0.3, -0.25) is 14.4 Å². The van der Waals surface area contributed by atoms with Crippen molar-refractivity contribution in [2.45, 2.75) is 20.0 Å². The number of halogens is 3. The number of aryl methyl sites for hydroxylation is 1. The molecule has 0 N–H and O–H groups in total. The van der Waals surface area contributed by atoms with Crippen molar-refractivity contribution in [1.29, 1.82) is 0 Å².